The summed E-state index contributed by atoms with van der Waals surface area (Å²) in [6.45, 7) is 1.82. The van der Waals surface area contributed by atoms with Crippen molar-refractivity contribution >= 4 is 0 Å². The zero-order valence-corrected chi connectivity index (χ0v) is 7.15. The number of hydrogen-bond donors (Lipinski definition) is 2. The number of nitrogens with two attached hydrogens (primary N) is 1. The third-order valence-electron chi connectivity index (χ3n) is 1.85. The maximum absolute atomic E-state index is 12.1. The second-order valence-corrected chi connectivity index (χ2v) is 2.84. The average Bonchev–Trinajstić information content (AvgIpc) is 2.50. The number of rotatable bonds is 2. The van der Waals surface area contributed by atoms with Gasteiger partial charge >= 0.3 is 6.18 Å². The number of nitrogens with one attached hydrogen (secondary N) is 1. The molecule has 13 heavy (non-hydrogen) atoms. The summed E-state index contributed by atoms with van der Waals surface area (Å²) in [5.41, 5.74) is 5.23. The van der Waals surface area contributed by atoms with E-state index in [9.17, 15) is 13.2 Å². The Morgan fingerprint density at radius 3 is 2.46 bits per heavy atom. The summed E-state index contributed by atoms with van der Waals surface area (Å²) in [5.74, 6) is 0. The molecule has 74 valence electrons. The van der Waals surface area contributed by atoms with Crippen LogP contribution in [-0.2, 0) is 6.18 Å². The Hall–Kier alpha value is -0.970. The molecule has 0 aliphatic carbocycles. The SMILES string of the molecule is CC[C@H](N)c1ccc(C(F)(F)F)[nH]1. The summed E-state index contributed by atoms with van der Waals surface area (Å²) in [4.78, 5) is 2.25. The molecule has 1 aromatic heterocycles. The number of halogens is 3. The minimum Gasteiger partial charge on any atom is -0.354 e. The third-order valence-corrected chi connectivity index (χ3v) is 1.85. The van der Waals surface area contributed by atoms with Crippen LogP contribution in [0.15, 0.2) is 12.1 Å². The Balaban J connectivity index is 2.87. The minimum absolute atomic E-state index is 0.351. The van der Waals surface area contributed by atoms with Crippen molar-refractivity contribution in [3.63, 3.8) is 0 Å². The highest BCUT2D eigenvalue weighted by molar-refractivity contribution is 5.17. The van der Waals surface area contributed by atoms with Crippen molar-refractivity contribution < 1.29 is 13.2 Å². The predicted octanol–water partition coefficient (Wildman–Crippen LogP) is 2.44. The van der Waals surface area contributed by atoms with Crippen molar-refractivity contribution in [2.75, 3.05) is 0 Å². The number of H-pyrrole nitrogens is 1. The Labute approximate surface area is 73.9 Å². The van der Waals surface area contributed by atoms with Gasteiger partial charge in [-0.1, -0.05) is 6.92 Å². The van der Waals surface area contributed by atoms with Crippen LogP contribution in [0.3, 0.4) is 0 Å². The summed E-state index contributed by atoms with van der Waals surface area (Å²) in [6, 6.07) is 2.03. The predicted molar refractivity (Wildman–Crippen MR) is 43.0 cm³/mol. The molecule has 1 atom stereocenters. The van der Waals surface area contributed by atoms with Gasteiger partial charge in [0.05, 0.1) is 0 Å². The summed E-state index contributed by atoms with van der Waals surface area (Å²) in [7, 11) is 0. The number of aromatic amines is 1. The van der Waals surface area contributed by atoms with Gasteiger partial charge < -0.3 is 10.7 Å². The van der Waals surface area contributed by atoms with Gasteiger partial charge in [0.1, 0.15) is 5.69 Å². The first-order valence-electron chi connectivity index (χ1n) is 3.96. The van der Waals surface area contributed by atoms with Crippen LogP contribution < -0.4 is 5.73 Å². The molecule has 0 aliphatic rings. The molecule has 0 bridgehead atoms. The molecule has 2 nitrogen and oxygen atoms in total. The minimum atomic E-state index is -4.31. The van der Waals surface area contributed by atoms with Crippen molar-refractivity contribution in [3.8, 4) is 0 Å². The van der Waals surface area contributed by atoms with Crippen LogP contribution in [0.1, 0.15) is 30.8 Å². The highest BCUT2D eigenvalue weighted by atomic mass is 19.4. The second kappa shape index (κ2) is 3.41. The van der Waals surface area contributed by atoms with E-state index >= 15 is 0 Å². The molecule has 0 amide bonds. The van der Waals surface area contributed by atoms with Crippen molar-refractivity contribution in [2.45, 2.75) is 25.6 Å². The fourth-order valence-corrected chi connectivity index (χ4v) is 1.01. The monoisotopic (exact) mass is 192 g/mol. The van der Waals surface area contributed by atoms with Crippen molar-refractivity contribution in [2.24, 2.45) is 5.73 Å². The van der Waals surface area contributed by atoms with Crippen LogP contribution in [0.4, 0.5) is 13.2 Å². The van der Waals surface area contributed by atoms with E-state index < -0.39 is 11.9 Å². The van der Waals surface area contributed by atoms with Gasteiger partial charge in [0.25, 0.3) is 0 Å². The van der Waals surface area contributed by atoms with E-state index in [0.29, 0.717) is 12.1 Å². The molecule has 0 aromatic carbocycles. The number of hydrogen-bond acceptors (Lipinski definition) is 1. The number of alkyl halides is 3. The van der Waals surface area contributed by atoms with Crippen LogP contribution in [0.25, 0.3) is 0 Å². The van der Waals surface area contributed by atoms with E-state index in [4.69, 9.17) is 5.73 Å². The molecule has 1 rings (SSSR count). The van der Waals surface area contributed by atoms with Crippen molar-refractivity contribution in [1.82, 2.24) is 4.98 Å². The lowest BCUT2D eigenvalue weighted by molar-refractivity contribution is -0.140. The maximum atomic E-state index is 12.1. The van der Waals surface area contributed by atoms with Gasteiger partial charge in [-0.25, -0.2) is 0 Å². The van der Waals surface area contributed by atoms with Gasteiger partial charge in [-0.3, -0.25) is 0 Å². The smallest absolute Gasteiger partial charge is 0.354 e. The van der Waals surface area contributed by atoms with Crippen LogP contribution in [-0.4, -0.2) is 4.98 Å². The second-order valence-electron chi connectivity index (χ2n) is 2.84. The molecule has 1 heterocycles. The normalized spacial score (nSPS) is 14.5. The van der Waals surface area contributed by atoms with Gasteiger partial charge in [0, 0.05) is 11.7 Å². The quantitative estimate of drug-likeness (QED) is 0.742. The fourth-order valence-electron chi connectivity index (χ4n) is 1.01. The van der Waals surface area contributed by atoms with E-state index in [1.807, 2.05) is 6.92 Å². The molecule has 0 aliphatic heterocycles. The average molecular weight is 192 g/mol. The molecule has 0 fully saturated rings. The van der Waals surface area contributed by atoms with Crippen LogP contribution in [0, 0.1) is 0 Å². The van der Waals surface area contributed by atoms with Crippen LogP contribution in [0.5, 0.6) is 0 Å². The van der Waals surface area contributed by atoms with Gasteiger partial charge in [-0.15, -0.1) is 0 Å². The molecule has 0 unspecified atom stereocenters. The van der Waals surface area contributed by atoms with Gasteiger partial charge in [-0.2, -0.15) is 13.2 Å². The molecular formula is C8H11F3N2. The molecule has 3 N–H and O–H groups in total. The van der Waals surface area contributed by atoms with E-state index in [0.717, 1.165) is 6.07 Å². The Morgan fingerprint density at radius 2 is 2.08 bits per heavy atom. The standard InChI is InChI=1S/C8H11F3N2/c1-2-5(12)6-3-4-7(13-6)8(9,10)11/h3-5,13H,2,12H2,1H3/t5-/m0/s1. The van der Waals surface area contributed by atoms with Crippen molar-refractivity contribution in [1.29, 1.82) is 0 Å². The first-order chi connectivity index (χ1) is 5.95. The molecule has 0 saturated carbocycles. The van der Waals surface area contributed by atoms with Gasteiger partial charge in [0.15, 0.2) is 0 Å². The van der Waals surface area contributed by atoms with Crippen molar-refractivity contribution in [3.05, 3.63) is 23.5 Å². The van der Waals surface area contributed by atoms with Crippen LogP contribution >= 0.6 is 0 Å². The molecule has 0 radical (unpaired) electrons. The Bertz CT molecular complexity index is 277. The molecule has 5 heteroatoms. The van der Waals surface area contributed by atoms with Crippen LogP contribution in [0.2, 0.25) is 0 Å². The van der Waals surface area contributed by atoms with E-state index in [1.54, 1.807) is 0 Å². The highest BCUT2D eigenvalue weighted by Gasteiger charge is 2.32. The lowest BCUT2D eigenvalue weighted by Gasteiger charge is -2.06. The zero-order valence-electron chi connectivity index (χ0n) is 7.15. The molecule has 1 aromatic rings. The van der Waals surface area contributed by atoms with E-state index in [1.165, 1.54) is 6.07 Å². The summed E-state index contributed by atoms with van der Waals surface area (Å²) in [5, 5.41) is 0. The van der Waals surface area contributed by atoms with Gasteiger partial charge in [-0.05, 0) is 18.6 Å². The number of aromatic nitrogens is 1. The first kappa shape index (κ1) is 10.1. The van der Waals surface area contributed by atoms with Gasteiger partial charge in [0.2, 0.25) is 0 Å². The largest absolute Gasteiger partial charge is 0.431 e. The molecule has 0 saturated heterocycles. The molecular weight excluding hydrogens is 181 g/mol. The maximum Gasteiger partial charge on any atom is 0.431 e. The molecule has 0 spiro atoms. The lowest BCUT2D eigenvalue weighted by Crippen LogP contribution is -2.11. The topological polar surface area (TPSA) is 41.8 Å². The first-order valence-corrected chi connectivity index (χ1v) is 3.96. The van der Waals surface area contributed by atoms with E-state index in [2.05, 4.69) is 4.98 Å². The summed E-state index contributed by atoms with van der Waals surface area (Å²) in [6.07, 6.45) is -3.70. The Morgan fingerprint density at radius 1 is 1.46 bits per heavy atom. The lowest BCUT2D eigenvalue weighted by atomic mass is 10.2. The summed E-state index contributed by atoms with van der Waals surface area (Å²) >= 11 is 0. The highest BCUT2D eigenvalue weighted by Crippen LogP contribution is 2.29. The third kappa shape index (κ3) is 2.24. The zero-order chi connectivity index (χ0) is 10.1. The fraction of sp³-hybridized carbons (Fsp3) is 0.500. The summed E-state index contributed by atoms with van der Waals surface area (Å²) < 4.78 is 36.3. The Kier molecular flexibility index (Phi) is 2.66. The van der Waals surface area contributed by atoms with E-state index in [-0.39, 0.29) is 6.04 Å².